The monoisotopic (exact) mass is 316 g/mol. The Balaban J connectivity index is 1.68. The van der Waals surface area contributed by atoms with Crippen molar-refractivity contribution in [2.45, 2.75) is 38.8 Å². The van der Waals surface area contributed by atoms with Gasteiger partial charge < -0.3 is 10.1 Å². The molecule has 2 N–H and O–H groups in total. The summed E-state index contributed by atoms with van der Waals surface area (Å²) in [5.74, 6) is 1.19. The van der Waals surface area contributed by atoms with Gasteiger partial charge in [-0.1, -0.05) is 12.1 Å². The minimum atomic E-state index is -0.186. The van der Waals surface area contributed by atoms with Crippen LogP contribution in [0.3, 0.4) is 0 Å². The highest BCUT2D eigenvalue weighted by Crippen LogP contribution is 2.19. The predicted molar refractivity (Wildman–Crippen MR) is 84.7 cm³/mol. The van der Waals surface area contributed by atoms with Crippen molar-refractivity contribution in [3.05, 3.63) is 46.1 Å². The molecule has 3 rings (SSSR count). The number of carbonyl (C=O) groups is 1. The number of para-hydroxylation sites is 1. The summed E-state index contributed by atoms with van der Waals surface area (Å²) in [6, 6.07) is 7.23. The molecule has 1 aliphatic rings. The predicted octanol–water partition coefficient (Wildman–Crippen LogP) is 1.10. The average molecular weight is 316 g/mol. The molecule has 0 spiro atoms. The molecule has 0 saturated heterocycles. The Labute approximate surface area is 133 Å². The topological polar surface area (TPSA) is 89.0 Å². The van der Waals surface area contributed by atoms with Crippen LogP contribution in [0.2, 0.25) is 0 Å². The number of aryl methyl sites for hydroxylation is 1. The Morgan fingerprint density at radius 2 is 2.26 bits per heavy atom. The standard InChI is InChI=1S/C16H20N4O3/c1-2-23-13-6-4-3-5-12(13)15(21)17-11-7-8-14-18-19-16(22)20(14)10-9-11/h3-6,11H,2,7-10H2,1H3,(H,17,21)(H,19,22). The molecule has 1 aliphatic heterocycles. The van der Waals surface area contributed by atoms with E-state index in [-0.39, 0.29) is 17.6 Å². The van der Waals surface area contributed by atoms with Crippen LogP contribution in [0.5, 0.6) is 5.75 Å². The number of benzene rings is 1. The van der Waals surface area contributed by atoms with Crippen LogP contribution < -0.4 is 15.7 Å². The third-order valence-corrected chi connectivity index (χ3v) is 4.02. The zero-order valence-electron chi connectivity index (χ0n) is 13.0. The van der Waals surface area contributed by atoms with Gasteiger partial charge in [0.15, 0.2) is 0 Å². The fraction of sp³-hybridized carbons (Fsp3) is 0.438. The van der Waals surface area contributed by atoms with Crippen molar-refractivity contribution < 1.29 is 9.53 Å². The van der Waals surface area contributed by atoms with Gasteiger partial charge in [-0.2, -0.15) is 5.10 Å². The van der Waals surface area contributed by atoms with Crippen molar-refractivity contribution in [1.82, 2.24) is 20.1 Å². The van der Waals surface area contributed by atoms with Gasteiger partial charge in [0.05, 0.1) is 12.2 Å². The number of aromatic nitrogens is 3. The maximum Gasteiger partial charge on any atom is 0.343 e. The summed E-state index contributed by atoms with van der Waals surface area (Å²) in [5, 5.41) is 9.53. The molecule has 2 heterocycles. The summed E-state index contributed by atoms with van der Waals surface area (Å²) in [5.41, 5.74) is 0.350. The summed E-state index contributed by atoms with van der Waals surface area (Å²) in [4.78, 5) is 24.1. The van der Waals surface area contributed by atoms with E-state index in [4.69, 9.17) is 4.74 Å². The number of hydrogen-bond donors (Lipinski definition) is 2. The van der Waals surface area contributed by atoms with Gasteiger partial charge in [-0.15, -0.1) is 0 Å². The number of hydrogen-bond acceptors (Lipinski definition) is 4. The number of nitrogens with zero attached hydrogens (tertiary/aromatic N) is 2. The largest absolute Gasteiger partial charge is 0.493 e. The van der Waals surface area contributed by atoms with Crippen LogP contribution in [0, 0.1) is 0 Å². The second-order valence-corrected chi connectivity index (χ2v) is 5.52. The lowest BCUT2D eigenvalue weighted by atomic mass is 10.1. The lowest BCUT2D eigenvalue weighted by Crippen LogP contribution is -2.35. The first-order valence-corrected chi connectivity index (χ1v) is 7.85. The summed E-state index contributed by atoms with van der Waals surface area (Å²) < 4.78 is 7.14. The zero-order valence-corrected chi connectivity index (χ0v) is 13.0. The molecule has 0 aliphatic carbocycles. The van der Waals surface area contributed by atoms with Gasteiger partial charge in [0.2, 0.25) is 0 Å². The number of fused-ring (bicyclic) bond motifs is 1. The van der Waals surface area contributed by atoms with Gasteiger partial charge in [-0.25, -0.2) is 9.89 Å². The quantitative estimate of drug-likeness (QED) is 0.884. The summed E-state index contributed by atoms with van der Waals surface area (Å²) in [6.45, 7) is 2.96. The number of aromatic amines is 1. The van der Waals surface area contributed by atoms with E-state index in [9.17, 15) is 9.59 Å². The zero-order chi connectivity index (χ0) is 16.2. The number of amides is 1. The Bertz CT molecular complexity index is 750. The lowest BCUT2D eigenvalue weighted by molar-refractivity contribution is 0.0929. The average Bonchev–Trinajstić information content (AvgIpc) is 2.78. The van der Waals surface area contributed by atoms with Crippen molar-refractivity contribution in [3.8, 4) is 5.75 Å². The molecule has 1 aromatic carbocycles. The van der Waals surface area contributed by atoms with E-state index >= 15 is 0 Å². The molecule has 122 valence electrons. The number of carbonyl (C=O) groups excluding carboxylic acids is 1. The molecule has 1 unspecified atom stereocenters. The second kappa shape index (κ2) is 6.68. The molecular weight excluding hydrogens is 296 g/mol. The molecule has 1 amide bonds. The third kappa shape index (κ3) is 3.28. The van der Waals surface area contributed by atoms with Crippen LogP contribution in [0.15, 0.2) is 29.1 Å². The van der Waals surface area contributed by atoms with Crippen molar-refractivity contribution in [2.24, 2.45) is 0 Å². The van der Waals surface area contributed by atoms with Gasteiger partial charge in [0, 0.05) is 19.0 Å². The first kappa shape index (κ1) is 15.3. The van der Waals surface area contributed by atoms with Crippen molar-refractivity contribution >= 4 is 5.91 Å². The molecule has 0 bridgehead atoms. The van der Waals surface area contributed by atoms with Gasteiger partial charge in [0.25, 0.3) is 5.91 Å². The van der Waals surface area contributed by atoms with Gasteiger partial charge in [0.1, 0.15) is 11.6 Å². The number of rotatable bonds is 4. The number of ether oxygens (including phenoxy) is 1. The van der Waals surface area contributed by atoms with E-state index < -0.39 is 0 Å². The van der Waals surface area contributed by atoms with Crippen molar-refractivity contribution in [3.63, 3.8) is 0 Å². The maximum absolute atomic E-state index is 12.5. The van der Waals surface area contributed by atoms with Crippen molar-refractivity contribution in [1.29, 1.82) is 0 Å². The van der Waals surface area contributed by atoms with E-state index in [2.05, 4.69) is 15.5 Å². The number of nitrogens with one attached hydrogen (secondary N) is 2. The minimum absolute atomic E-state index is 0.0123. The van der Waals surface area contributed by atoms with Gasteiger partial charge in [-0.05, 0) is 31.9 Å². The summed E-state index contributed by atoms with van der Waals surface area (Å²) >= 11 is 0. The van der Waals surface area contributed by atoms with E-state index in [1.54, 1.807) is 16.7 Å². The highest BCUT2D eigenvalue weighted by Gasteiger charge is 2.21. The lowest BCUT2D eigenvalue weighted by Gasteiger charge is -2.17. The van der Waals surface area contributed by atoms with Crippen LogP contribution >= 0.6 is 0 Å². The summed E-state index contributed by atoms with van der Waals surface area (Å²) in [6.07, 6.45) is 2.12. The normalized spacial score (nSPS) is 17.2. The van der Waals surface area contributed by atoms with Gasteiger partial charge in [-0.3, -0.25) is 9.36 Å². The van der Waals surface area contributed by atoms with Crippen molar-refractivity contribution in [2.75, 3.05) is 6.61 Å². The molecule has 0 saturated carbocycles. The minimum Gasteiger partial charge on any atom is -0.493 e. The smallest absolute Gasteiger partial charge is 0.343 e. The highest BCUT2D eigenvalue weighted by atomic mass is 16.5. The summed E-state index contributed by atoms with van der Waals surface area (Å²) in [7, 11) is 0. The Kier molecular flexibility index (Phi) is 4.45. The van der Waals surface area contributed by atoms with Crippen LogP contribution in [-0.4, -0.2) is 33.3 Å². The number of H-pyrrole nitrogens is 1. The molecule has 2 aromatic rings. The SMILES string of the molecule is CCOc1ccccc1C(=O)NC1CCc2n[nH]c(=O)n2CC1. The molecule has 23 heavy (non-hydrogen) atoms. The Morgan fingerprint density at radius 3 is 3.09 bits per heavy atom. The molecule has 7 heteroatoms. The van der Waals surface area contributed by atoms with E-state index in [0.717, 1.165) is 12.2 Å². The molecule has 1 atom stereocenters. The van der Waals surface area contributed by atoms with Crippen LogP contribution in [-0.2, 0) is 13.0 Å². The third-order valence-electron chi connectivity index (χ3n) is 4.02. The fourth-order valence-electron chi connectivity index (χ4n) is 2.85. The van der Waals surface area contributed by atoms with E-state index in [1.807, 2.05) is 19.1 Å². The highest BCUT2D eigenvalue weighted by molar-refractivity contribution is 5.97. The van der Waals surface area contributed by atoms with Crippen LogP contribution in [0.1, 0.15) is 35.9 Å². The van der Waals surface area contributed by atoms with Gasteiger partial charge >= 0.3 is 5.69 Å². The van der Waals surface area contributed by atoms with E-state index in [0.29, 0.717) is 37.3 Å². The van der Waals surface area contributed by atoms with Crippen LogP contribution in [0.4, 0.5) is 0 Å². The maximum atomic E-state index is 12.5. The molecular formula is C16H20N4O3. The molecule has 1 aromatic heterocycles. The molecule has 0 fully saturated rings. The Morgan fingerprint density at radius 1 is 1.43 bits per heavy atom. The van der Waals surface area contributed by atoms with Crippen LogP contribution in [0.25, 0.3) is 0 Å². The second-order valence-electron chi connectivity index (χ2n) is 5.52. The first-order valence-electron chi connectivity index (χ1n) is 7.85. The molecule has 0 radical (unpaired) electrons. The van der Waals surface area contributed by atoms with E-state index in [1.165, 1.54) is 0 Å². The first-order chi connectivity index (χ1) is 11.2. The Hall–Kier alpha value is -2.57. The molecule has 7 nitrogen and oxygen atoms in total. The fourth-order valence-corrected chi connectivity index (χ4v) is 2.85.